The zero-order chi connectivity index (χ0) is 8.20. The predicted molar refractivity (Wildman–Crippen MR) is 46.5 cm³/mol. The molecule has 0 aromatic carbocycles. The highest BCUT2D eigenvalue weighted by atomic mass is 35.5. The van der Waals surface area contributed by atoms with Crippen molar-refractivity contribution < 1.29 is 0 Å². The van der Waals surface area contributed by atoms with E-state index in [9.17, 15) is 0 Å². The summed E-state index contributed by atoms with van der Waals surface area (Å²) in [7, 11) is 3.85. The second-order valence-corrected chi connectivity index (χ2v) is 3.56. The molecule has 3 heteroatoms. The normalized spacial score (nSPS) is 15.3. The van der Waals surface area contributed by atoms with Crippen LogP contribution in [0, 0.1) is 0 Å². The monoisotopic (exact) mass is 164 g/mol. The highest BCUT2D eigenvalue weighted by molar-refractivity contribution is 6.20. The molecule has 0 rings (SSSR count). The van der Waals surface area contributed by atoms with Gasteiger partial charge in [0.2, 0.25) is 0 Å². The Bertz CT molecular complexity index is 89.6. The van der Waals surface area contributed by atoms with E-state index in [1.54, 1.807) is 0 Å². The molecule has 0 aliphatic carbocycles. The fraction of sp³-hybridized carbons (Fsp3) is 1.00. The van der Waals surface area contributed by atoms with Crippen molar-refractivity contribution in [2.75, 3.05) is 14.1 Å². The van der Waals surface area contributed by atoms with Crippen LogP contribution in [0.1, 0.15) is 20.3 Å². The molecule has 10 heavy (non-hydrogen) atoms. The van der Waals surface area contributed by atoms with Crippen LogP contribution < -0.4 is 10.6 Å². The fourth-order valence-corrected chi connectivity index (χ4v) is 1.20. The summed E-state index contributed by atoms with van der Waals surface area (Å²) in [6, 6.07) is 0. The Labute approximate surface area is 68.3 Å². The van der Waals surface area contributed by atoms with E-state index >= 15 is 0 Å². The van der Waals surface area contributed by atoms with Gasteiger partial charge >= 0.3 is 0 Å². The Hall–Kier alpha value is 0.210. The minimum absolute atomic E-state index is 0.0266. The van der Waals surface area contributed by atoms with Crippen LogP contribution in [0.25, 0.3) is 0 Å². The molecule has 2 nitrogen and oxygen atoms in total. The van der Waals surface area contributed by atoms with Crippen molar-refractivity contribution >= 4 is 11.6 Å². The van der Waals surface area contributed by atoms with E-state index in [0.717, 1.165) is 6.42 Å². The molecule has 0 spiro atoms. The molecule has 0 radical (unpaired) electrons. The minimum atomic E-state index is -0.0266. The second kappa shape index (κ2) is 4.16. The van der Waals surface area contributed by atoms with Gasteiger partial charge in [0, 0.05) is 5.38 Å². The zero-order valence-electron chi connectivity index (χ0n) is 7.16. The van der Waals surface area contributed by atoms with Crippen LogP contribution in [0.3, 0.4) is 0 Å². The maximum Gasteiger partial charge on any atom is 0.0667 e. The third-order valence-corrected chi connectivity index (χ3v) is 1.95. The lowest BCUT2D eigenvalue weighted by Crippen LogP contribution is -2.52. The summed E-state index contributed by atoms with van der Waals surface area (Å²) in [5.74, 6) is 0. The zero-order valence-corrected chi connectivity index (χ0v) is 7.92. The molecule has 0 fully saturated rings. The SMILES string of the molecule is CNC(C)(CC(C)Cl)NC. The maximum absolute atomic E-state index is 5.84. The minimum Gasteiger partial charge on any atom is -0.303 e. The summed E-state index contributed by atoms with van der Waals surface area (Å²) in [4.78, 5) is 0. The molecule has 0 aromatic heterocycles. The lowest BCUT2D eigenvalue weighted by Gasteiger charge is -2.29. The summed E-state index contributed by atoms with van der Waals surface area (Å²) in [5.41, 5.74) is -0.0266. The summed E-state index contributed by atoms with van der Waals surface area (Å²) >= 11 is 5.84. The molecule has 1 atom stereocenters. The Kier molecular flexibility index (Phi) is 4.25. The van der Waals surface area contributed by atoms with Crippen molar-refractivity contribution in [1.29, 1.82) is 0 Å². The largest absolute Gasteiger partial charge is 0.303 e. The molecule has 0 amide bonds. The number of alkyl halides is 1. The first-order chi connectivity index (χ1) is 4.54. The summed E-state index contributed by atoms with van der Waals surface area (Å²) in [6.07, 6.45) is 0.918. The summed E-state index contributed by atoms with van der Waals surface area (Å²) < 4.78 is 0. The van der Waals surface area contributed by atoms with Crippen molar-refractivity contribution in [3.63, 3.8) is 0 Å². The van der Waals surface area contributed by atoms with Crippen molar-refractivity contribution in [3.05, 3.63) is 0 Å². The summed E-state index contributed by atoms with van der Waals surface area (Å²) in [5, 5.41) is 6.53. The van der Waals surface area contributed by atoms with E-state index < -0.39 is 0 Å². The van der Waals surface area contributed by atoms with Gasteiger partial charge in [-0.2, -0.15) is 0 Å². The standard InChI is InChI=1S/C7H17ClN2/c1-6(8)5-7(2,9-3)10-4/h6,9-10H,5H2,1-4H3. The first-order valence-electron chi connectivity index (χ1n) is 3.56. The molecular formula is C7H17ClN2. The van der Waals surface area contributed by atoms with Crippen LogP contribution in [0.5, 0.6) is 0 Å². The molecule has 1 unspecified atom stereocenters. The van der Waals surface area contributed by atoms with Crippen LogP contribution in [0.2, 0.25) is 0 Å². The fourth-order valence-electron chi connectivity index (χ4n) is 0.892. The van der Waals surface area contributed by atoms with Gasteiger partial charge in [0.15, 0.2) is 0 Å². The van der Waals surface area contributed by atoms with Gasteiger partial charge in [-0.3, -0.25) is 0 Å². The number of nitrogens with one attached hydrogen (secondary N) is 2. The number of hydrogen-bond acceptors (Lipinski definition) is 2. The van der Waals surface area contributed by atoms with E-state index in [2.05, 4.69) is 17.6 Å². The Morgan fingerprint density at radius 3 is 1.90 bits per heavy atom. The lowest BCUT2D eigenvalue weighted by atomic mass is 10.1. The van der Waals surface area contributed by atoms with E-state index in [4.69, 9.17) is 11.6 Å². The van der Waals surface area contributed by atoms with Gasteiger partial charge < -0.3 is 10.6 Å². The first kappa shape index (κ1) is 10.2. The highest BCUT2D eigenvalue weighted by Gasteiger charge is 2.20. The third-order valence-electron chi connectivity index (χ3n) is 1.79. The number of hydrogen-bond donors (Lipinski definition) is 2. The molecule has 0 saturated heterocycles. The Balaban J connectivity index is 3.80. The van der Waals surface area contributed by atoms with Gasteiger partial charge in [0.25, 0.3) is 0 Å². The van der Waals surface area contributed by atoms with Crippen molar-refractivity contribution in [3.8, 4) is 0 Å². The molecule has 0 bridgehead atoms. The maximum atomic E-state index is 5.84. The van der Waals surface area contributed by atoms with E-state index in [1.165, 1.54) is 0 Å². The molecular weight excluding hydrogens is 148 g/mol. The molecule has 0 heterocycles. The van der Waals surface area contributed by atoms with Gasteiger partial charge in [-0.05, 0) is 34.4 Å². The van der Waals surface area contributed by atoms with Crippen molar-refractivity contribution in [2.24, 2.45) is 0 Å². The third kappa shape index (κ3) is 3.40. The average Bonchev–Trinajstić information content (AvgIpc) is 1.87. The lowest BCUT2D eigenvalue weighted by molar-refractivity contribution is 0.303. The first-order valence-corrected chi connectivity index (χ1v) is 3.99. The van der Waals surface area contributed by atoms with Gasteiger partial charge in [-0.25, -0.2) is 0 Å². The van der Waals surface area contributed by atoms with E-state index in [-0.39, 0.29) is 11.0 Å². The van der Waals surface area contributed by atoms with Crippen LogP contribution in [-0.2, 0) is 0 Å². The topological polar surface area (TPSA) is 24.1 Å². The highest BCUT2D eigenvalue weighted by Crippen LogP contribution is 2.11. The molecule has 0 aliphatic rings. The summed E-state index contributed by atoms with van der Waals surface area (Å²) in [6.45, 7) is 4.08. The van der Waals surface area contributed by atoms with Crippen molar-refractivity contribution in [1.82, 2.24) is 10.6 Å². The van der Waals surface area contributed by atoms with E-state index in [0.29, 0.717) is 0 Å². The number of halogens is 1. The van der Waals surface area contributed by atoms with E-state index in [1.807, 2.05) is 21.0 Å². The molecule has 62 valence electrons. The van der Waals surface area contributed by atoms with Crippen LogP contribution in [-0.4, -0.2) is 25.1 Å². The van der Waals surface area contributed by atoms with Gasteiger partial charge in [-0.15, -0.1) is 11.6 Å². The van der Waals surface area contributed by atoms with Crippen LogP contribution in [0.15, 0.2) is 0 Å². The number of rotatable bonds is 4. The smallest absolute Gasteiger partial charge is 0.0667 e. The molecule has 0 aromatic rings. The van der Waals surface area contributed by atoms with Crippen molar-refractivity contribution in [2.45, 2.75) is 31.3 Å². The average molecular weight is 165 g/mol. The molecule has 0 aliphatic heterocycles. The Morgan fingerprint density at radius 1 is 1.40 bits per heavy atom. The van der Waals surface area contributed by atoms with Crippen LogP contribution in [0.4, 0.5) is 0 Å². The van der Waals surface area contributed by atoms with Crippen LogP contribution >= 0.6 is 11.6 Å². The van der Waals surface area contributed by atoms with Gasteiger partial charge in [0.05, 0.1) is 5.66 Å². The predicted octanol–water partition coefficient (Wildman–Crippen LogP) is 1.16. The second-order valence-electron chi connectivity index (χ2n) is 2.82. The van der Waals surface area contributed by atoms with Gasteiger partial charge in [-0.1, -0.05) is 0 Å². The molecule has 0 saturated carbocycles. The quantitative estimate of drug-likeness (QED) is 0.482. The Morgan fingerprint density at radius 2 is 1.80 bits per heavy atom. The van der Waals surface area contributed by atoms with Gasteiger partial charge in [0.1, 0.15) is 0 Å². The molecule has 2 N–H and O–H groups in total.